The summed E-state index contributed by atoms with van der Waals surface area (Å²) < 4.78 is 29.5. The number of amides is 1. The van der Waals surface area contributed by atoms with Crippen molar-refractivity contribution in [1.29, 1.82) is 0 Å². The number of hydrogen-bond donors (Lipinski definition) is 3. The van der Waals surface area contributed by atoms with Crippen LogP contribution in [0.3, 0.4) is 0 Å². The van der Waals surface area contributed by atoms with Crippen LogP contribution in [0.5, 0.6) is 0 Å². The van der Waals surface area contributed by atoms with E-state index in [-0.39, 0.29) is 10.8 Å². The number of nitrogens with one attached hydrogen (secondary N) is 2. The van der Waals surface area contributed by atoms with E-state index in [2.05, 4.69) is 39.2 Å². The number of anilines is 2. The zero-order valence-electron chi connectivity index (χ0n) is 20.5. The highest BCUT2D eigenvalue weighted by molar-refractivity contribution is 7.89. The van der Waals surface area contributed by atoms with Crippen molar-refractivity contribution in [3.05, 3.63) is 95.6 Å². The third kappa shape index (κ3) is 5.53. The molecule has 0 saturated carbocycles. The summed E-state index contributed by atoms with van der Waals surface area (Å²) in [5, 5.41) is 12.6. The number of carbonyl (C=O) groups excluding carboxylic acids is 1. The van der Waals surface area contributed by atoms with E-state index in [1.54, 1.807) is 47.4 Å². The number of benzene rings is 3. The smallest absolute Gasteiger partial charge is 0.245 e. The lowest BCUT2D eigenvalue weighted by atomic mass is 10.1. The SMILES string of the molecule is Cc1ccc(N2CCN(C(=O)C(NS(=O)(=O)c3ccc4c(c3)C=CC(O)N4)c3ccccc3)CC2)cc1. The van der Waals surface area contributed by atoms with E-state index in [9.17, 15) is 18.3 Å². The first-order chi connectivity index (χ1) is 17.8. The standard InChI is InChI=1S/C28H30N4O4S/c1-20-7-10-23(11-8-20)31-15-17-32(18-16-31)28(34)27(21-5-3-2-4-6-21)30-37(35,36)24-12-13-25-22(19-24)9-14-26(33)29-25/h2-14,19,26-27,29-30,33H,15-18H2,1H3. The molecule has 8 nitrogen and oxygen atoms in total. The number of fused-ring (bicyclic) bond motifs is 1. The molecule has 0 spiro atoms. The number of carbonyl (C=O) groups is 1. The number of piperazine rings is 1. The third-order valence-electron chi connectivity index (χ3n) is 6.74. The predicted octanol–water partition coefficient (Wildman–Crippen LogP) is 3.12. The Morgan fingerprint density at radius 3 is 2.41 bits per heavy atom. The second-order valence-electron chi connectivity index (χ2n) is 9.31. The van der Waals surface area contributed by atoms with Crippen molar-refractivity contribution in [1.82, 2.24) is 9.62 Å². The fraction of sp³-hybridized carbons (Fsp3) is 0.250. The Morgan fingerprint density at radius 1 is 1.00 bits per heavy atom. The van der Waals surface area contributed by atoms with E-state index < -0.39 is 22.3 Å². The number of rotatable bonds is 6. The number of sulfonamides is 1. The van der Waals surface area contributed by atoms with Gasteiger partial charge in [0.1, 0.15) is 12.3 Å². The molecule has 2 atom stereocenters. The van der Waals surface area contributed by atoms with Gasteiger partial charge in [0.2, 0.25) is 15.9 Å². The van der Waals surface area contributed by atoms with E-state index in [4.69, 9.17) is 0 Å². The van der Waals surface area contributed by atoms with Crippen LogP contribution in [0.1, 0.15) is 22.7 Å². The van der Waals surface area contributed by atoms with Crippen molar-refractivity contribution < 1.29 is 18.3 Å². The maximum atomic E-state index is 13.7. The van der Waals surface area contributed by atoms with Gasteiger partial charge >= 0.3 is 0 Å². The number of aryl methyl sites for hydroxylation is 1. The first kappa shape index (κ1) is 25.0. The summed E-state index contributed by atoms with van der Waals surface area (Å²) in [6, 6.07) is 20.8. The first-order valence-corrected chi connectivity index (χ1v) is 13.7. The highest BCUT2D eigenvalue weighted by Crippen LogP contribution is 2.27. The summed E-state index contributed by atoms with van der Waals surface area (Å²) in [4.78, 5) is 17.7. The molecule has 0 bridgehead atoms. The van der Waals surface area contributed by atoms with Gasteiger partial charge in [-0.05, 0) is 54.5 Å². The Balaban J connectivity index is 1.35. The molecule has 5 rings (SSSR count). The Bertz CT molecular complexity index is 1400. The Labute approximate surface area is 217 Å². The minimum Gasteiger partial charge on any atom is -0.370 e. The van der Waals surface area contributed by atoms with Gasteiger partial charge in [0.15, 0.2) is 0 Å². The van der Waals surface area contributed by atoms with Crippen LogP contribution in [0.2, 0.25) is 0 Å². The van der Waals surface area contributed by atoms with Crippen molar-refractivity contribution in [2.24, 2.45) is 0 Å². The van der Waals surface area contributed by atoms with Gasteiger partial charge in [-0.3, -0.25) is 4.79 Å². The van der Waals surface area contributed by atoms with Crippen LogP contribution in [0, 0.1) is 6.92 Å². The van der Waals surface area contributed by atoms with E-state index in [0.717, 1.165) is 5.69 Å². The van der Waals surface area contributed by atoms with Gasteiger partial charge in [-0.2, -0.15) is 4.72 Å². The second-order valence-corrected chi connectivity index (χ2v) is 11.0. The van der Waals surface area contributed by atoms with Gasteiger partial charge < -0.3 is 20.2 Å². The van der Waals surface area contributed by atoms with E-state index in [1.165, 1.54) is 17.7 Å². The number of aliphatic hydroxyl groups excluding tert-OH is 1. The lowest BCUT2D eigenvalue weighted by molar-refractivity contribution is -0.133. The normalized spacial score (nSPS) is 18.2. The average molecular weight is 519 g/mol. The molecular formula is C28H30N4O4S. The quantitative estimate of drug-likeness (QED) is 0.464. The minimum atomic E-state index is -4.03. The largest absolute Gasteiger partial charge is 0.370 e. The molecule has 0 aliphatic carbocycles. The topological polar surface area (TPSA) is 102 Å². The summed E-state index contributed by atoms with van der Waals surface area (Å²) >= 11 is 0. The zero-order valence-corrected chi connectivity index (χ0v) is 21.4. The van der Waals surface area contributed by atoms with Crippen LogP contribution < -0.4 is 14.9 Å². The molecule has 37 heavy (non-hydrogen) atoms. The van der Waals surface area contributed by atoms with Crippen molar-refractivity contribution >= 4 is 33.4 Å². The van der Waals surface area contributed by atoms with Crippen LogP contribution in [0.15, 0.2) is 83.8 Å². The molecule has 0 aromatic heterocycles. The van der Waals surface area contributed by atoms with E-state index >= 15 is 0 Å². The van der Waals surface area contributed by atoms with Gasteiger partial charge in [-0.25, -0.2) is 8.42 Å². The molecule has 2 aliphatic heterocycles. The monoisotopic (exact) mass is 518 g/mol. The van der Waals surface area contributed by atoms with Crippen LogP contribution in [-0.2, 0) is 14.8 Å². The zero-order chi connectivity index (χ0) is 26.0. The summed E-state index contributed by atoms with van der Waals surface area (Å²) in [5.74, 6) is -0.277. The average Bonchev–Trinajstić information content (AvgIpc) is 2.92. The number of hydrogen-bond acceptors (Lipinski definition) is 6. The highest BCUT2D eigenvalue weighted by Gasteiger charge is 2.32. The van der Waals surface area contributed by atoms with Crippen LogP contribution in [-0.4, -0.2) is 56.7 Å². The maximum Gasteiger partial charge on any atom is 0.245 e. The molecule has 192 valence electrons. The van der Waals surface area contributed by atoms with Crippen LogP contribution in [0.25, 0.3) is 6.08 Å². The summed E-state index contributed by atoms with van der Waals surface area (Å²) in [6.07, 6.45) is 2.39. The highest BCUT2D eigenvalue weighted by atomic mass is 32.2. The summed E-state index contributed by atoms with van der Waals surface area (Å²) in [7, 11) is -4.03. The van der Waals surface area contributed by atoms with Crippen molar-refractivity contribution in [2.75, 3.05) is 36.4 Å². The Kier molecular flexibility index (Phi) is 7.01. The molecule has 2 unspecified atom stereocenters. The fourth-order valence-corrected chi connectivity index (χ4v) is 5.85. The van der Waals surface area contributed by atoms with Gasteiger partial charge in [0.05, 0.1) is 4.90 Å². The molecule has 3 aromatic carbocycles. The van der Waals surface area contributed by atoms with Crippen LogP contribution >= 0.6 is 0 Å². The van der Waals surface area contributed by atoms with Crippen LogP contribution in [0.4, 0.5) is 11.4 Å². The molecule has 2 aliphatic rings. The van der Waals surface area contributed by atoms with Crippen molar-refractivity contribution in [3.8, 4) is 0 Å². The molecule has 1 saturated heterocycles. The predicted molar refractivity (Wildman–Crippen MR) is 145 cm³/mol. The van der Waals surface area contributed by atoms with E-state index in [1.807, 2.05) is 13.0 Å². The van der Waals surface area contributed by atoms with E-state index in [0.29, 0.717) is 43.0 Å². The molecule has 1 amide bonds. The molecule has 9 heteroatoms. The second kappa shape index (κ2) is 10.4. The molecule has 3 aromatic rings. The fourth-order valence-electron chi connectivity index (χ4n) is 4.63. The molecule has 2 heterocycles. The van der Waals surface area contributed by atoms with Crippen molar-refractivity contribution in [3.63, 3.8) is 0 Å². The lowest BCUT2D eigenvalue weighted by Gasteiger charge is -2.37. The first-order valence-electron chi connectivity index (χ1n) is 12.2. The Hall–Kier alpha value is -3.66. The lowest BCUT2D eigenvalue weighted by Crippen LogP contribution is -2.52. The minimum absolute atomic E-state index is 0.0482. The van der Waals surface area contributed by atoms with Gasteiger partial charge in [0.25, 0.3) is 0 Å². The van der Waals surface area contributed by atoms with Gasteiger partial charge in [-0.1, -0.05) is 54.1 Å². The number of nitrogens with zero attached hydrogens (tertiary/aromatic N) is 2. The summed E-state index contributed by atoms with van der Waals surface area (Å²) in [5.41, 5.74) is 4.17. The van der Waals surface area contributed by atoms with Crippen molar-refractivity contribution in [2.45, 2.75) is 24.1 Å². The summed E-state index contributed by atoms with van der Waals surface area (Å²) in [6.45, 7) is 4.37. The maximum absolute atomic E-state index is 13.7. The molecular weight excluding hydrogens is 488 g/mol. The van der Waals surface area contributed by atoms with Gasteiger partial charge in [-0.15, -0.1) is 0 Å². The number of aliphatic hydroxyl groups is 1. The molecule has 0 radical (unpaired) electrons. The Morgan fingerprint density at radius 2 is 1.70 bits per heavy atom. The molecule has 3 N–H and O–H groups in total. The van der Waals surface area contributed by atoms with Gasteiger partial charge in [0, 0.05) is 37.6 Å². The third-order valence-corrected chi connectivity index (χ3v) is 8.16. The molecule has 1 fully saturated rings.